The molecule has 62 heavy (non-hydrogen) atoms. The third-order valence-electron chi connectivity index (χ3n) is 13.1. The van der Waals surface area contributed by atoms with Crippen LogP contribution in [0.5, 0.6) is 0 Å². The average molecular weight is 888 g/mol. The van der Waals surface area contributed by atoms with Crippen LogP contribution in [-0.2, 0) is 45.4 Å². The molecular formula is C49H77NO11S. The van der Waals surface area contributed by atoms with Crippen molar-refractivity contribution >= 4 is 29.1 Å². The average Bonchev–Trinajstić information content (AvgIpc) is 3.56. The van der Waals surface area contributed by atoms with Crippen molar-refractivity contribution in [3.8, 4) is 0 Å². The van der Waals surface area contributed by atoms with Gasteiger partial charge in [0.15, 0.2) is 0 Å². The lowest BCUT2D eigenvalue weighted by atomic mass is 9.84. The Labute approximate surface area is 374 Å². The first-order valence-electron chi connectivity index (χ1n) is 22.4. The van der Waals surface area contributed by atoms with E-state index in [1.807, 2.05) is 53.0 Å². The van der Waals surface area contributed by atoms with Crippen molar-refractivity contribution in [2.75, 3.05) is 7.11 Å². The van der Waals surface area contributed by atoms with Crippen LogP contribution < -0.4 is 0 Å². The molecule has 15 unspecified atom stereocenters. The SMILES string of the molecule is CCC(C)C(=O)OC1(C)CCC(C)CC(O)C(C)C(=O)C(C)/C=C/CC(C)C(O)C(O)C(OC)/C(C)=C/C=C/C(C)C(C(C)(O)/C=C(\C)Cc2csc(C3(C)OC3C)n2)OC1=O. The first kappa shape index (κ1) is 53.3. The number of rotatable bonds is 9. The Kier molecular flexibility index (Phi) is 19.5. The van der Waals surface area contributed by atoms with Crippen molar-refractivity contribution in [1.82, 2.24) is 4.98 Å². The number of aromatic nitrogens is 1. The van der Waals surface area contributed by atoms with E-state index in [0.29, 0.717) is 31.3 Å². The molecule has 0 saturated carbocycles. The van der Waals surface area contributed by atoms with Gasteiger partial charge in [-0.15, -0.1) is 11.3 Å². The Balaban J connectivity index is 2.09. The van der Waals surface area contributed by atoms with Crippen molar-refractivity contribution in [3.63, 3.8) is 0 Å². The Bertz CT molecular complexity index is 1780. The molecule has 0 spiro atoms. The number of thiazole rings is 1. The summed E-state index contributed by atoms with van der Waals surface area (Å²) >= 11 is 1.53. The number of Topliss-reactive ketones (excluding diaryl/α,β-unsaturated/α-hetero) is 1. The summed E-state index contributed by atoms with van der Waals surface area (Å²) in [5.41, 5.74) is -1.66. The number of carbonyl (C=O) groups excluding carboxylic acids is 3. The molecule has 1 saturated heterocycles. The molecule has 2 aliphatic heterocycles. The second-order valence-corrected chi connectivity index (χ2v) is 19.9. The first-order valence-corrected chi connectivity index (χ1v) is 23.3. The molecule has 0 radical (unpaired) electrons. The zero-order valence-electron chi connectivity index (χ0n) is 39.7. The number of allylic oxidation sites excluding steroid dienone is 5. The summed E-state index contributed by atoms with van der Waals surface area (Å²) in [7, 11) is 1.45. The maximum Gasteiger partial charge on any atom is 0.350 e. The highest BCUT2D eigenvalue weighted by atomic mass is 32.1. The Hall–Kier alpha value is -3.04. The van der Waals surface area contributed by atoms with Gasteiger partial charge in [-0.1, -0.05) is 90.5 Å². The monoisotopic (exact) mass is 888 g/mol. The van der Waals surface area contributed by atoms with Crippen LogP contribution in [0.2, 0.25) is 0 Å². The maximum atomic E-state index is 14.6. The molecule has 350 valence electrons. The maximum absolute atomic E-state index is 14.6. The fourth-order valence-corrected chi connectivity index (χ4v) is 9.06. The zero-order chi connectivity index (χ0) is 46.9. The summed E-state index contributed by atoms with van der Waals surface area (Å²) in [4.78, 5) is 46.2. The quantitative estimate of drug-likeness (QED) is 0.108. The summed E-state index contributed by atoms with van der Waals surface area (Å²) in [6.07, 6.45) is 7.16. The van der Waals surface area contributed by atoms with Crippen molar-refractivity contribution in [1.29, 1.82) is 0 Å². The van der Waals surface area contributed by atoms with E-state index >= 15 is 0 Å². The van der Waals surface area contributed by atoms with Crippen molar-refractivity contribution < 1.29 is 53.8 Å². The number of carbonyl (C=O) groups is 3. The van der Waals surface area contributed by atoms with Crippen molar-refractivity contribution in [2.24, 2.45) is 35.5 Å². The fraction of sp³-hybridized carbons (Fsp3) is 0.714. The highest BCUT2D eigenvalue weighted by Gasteiger charge is 2.53. The molecule has 0 aliphatic carbocycles. The van der Waals surface area contributed by atoms with Gasteiger partial charge >= 0.3 is 11.9 Å². The molecule has 4 N–H and O–H groups in total. The van der Waals surface area contributed by atoms with Crippen LogP contribution >= 0.6 is 11.3 Å². The number of aliphatic hydroxyl groups is 4. The molecule has 3 heterocycles. The van der Waals surface area contributed by atoms with Crippen LogP contribution in [-0.4, -0.2) is 98.1 Å². The Morgan fingerprint density at radius 2 is 1.74 bits per heavy atom. The minimum atomic E-state index is -1.75. The van der Waals surface area contributed by atoms with Crippen molar-refractivity contribution in [3.05, 3.63) is 63.7 Å². The second kappa shape index (κ2) is 22.7. The topological polar surface area (TPSA) is 185 Å². The van der Waals surface area contributed by atoms with Crippen LogP contribution in [0, 0.1) is 35.5 Å². The van der Waals surface area contributed by atoms with Crippen LogP contribution in [0.15, 0.2) is 53.0 Å². The normalized spacial score (nSPS) is 38.6. The number of ether oxygens (including phenoxy) is 4. The summed E-state index contributed by atoms with van der Waals surface area (Å²) in [6.45, 7) is 23.4. The molecule has 1 aromatic rings. The van der Waals surface area contributed by atoms with Gasteiger partial charge in [-0.05, 0) is 91.1 Å². The predicted molar refractivity (Wildman–Crippen MR) is 242 cm³/mol. The minimum absolute atomic E-state index is 0.0669. The Morgan fingerprint density at radius 3 is 2.34 bits per heavy atom. The van der Waals surface area contributed by atoms with E-state index in [4.69, 9.17) is 23.9 Å². The number of hydrogen-bond donors (Lipinski definition) is 4. The lowest BCUT2D eigenvalue weighted by Gasteiger charge is -2.37. The number of aliphatic hydroxyl groups excluding tert-OH is 3. The molecular weight excluding hydrogens is 811 g/mol. The summed E-state index contributed by atoms with van der Waals surface area (Å²) in [5, 5.41) is 48.8. The highest BCUT2D eigenvalue weighted by Crippen LogP contribution is 2.46. The summed E-state index contributed by atoms with van der Waals surface area (Å²) in [6, 6.07) is 0. The zero-order valence-corrected chi connectivity index (χ0v) is 40.5. The van der Waals surface area contributed by atoms with Crippen LogP contribution in [0.25, 0.3) is 0 Å². The smallest absolute Gasteiger partial charge is 0.350 e. The largest absolute Gasteiger partial charge is 0.455 e. The van der Waals surface area contributed by atoms with Gasteiger partial charge in [0.1, 0.15) is 40.3 Å². The molecule has 3 rings (SSSR count). The molecule has 2 aliphatic rings. The van der Waals surface area contributed by atoms with Gasteiger partial charge < -0.3 is 39.4 Å². The highest BCUT2D eigenvalue weighted by molar-refractivity contribution is 7.09. The standard InChI is InChI=1S/C49H77NO11S/c1-15-30(4)44(55)61-48(12)23-22-28(2)25-38(51)35(9)39(52)31(5)18-16-19-32(6)40(53)41(54)42(58-14)33(7)20-17-21-34(8)43(59-46(48)56)47(11,57)26-29(3)24-37-27-62-45(50-37)49(13)36(10)60-49/h16-18,20-21,26-28,30-32,34-36,38,40-43,51,53-54,57H,15,19,22-25H2,1-14H3/b18-16+,21-17+,29-26+,33-20+. The molecule has 1 fully saturated rings. The van der Waals surface area contributed by atoms with Crippen LogP contribution in [0.4, 0.5) is 0 Å². The minimum Gasteiger partial charge on any atom is -0.455 e. The van der Waals surface area contributed by atoms with E-state index in [2.05, 4.69) is 0 Å². The lowest BCUT2D eigenvalue weighted by Crippen LogP contribution is -2.50. The van der Waals surface area contributed by atoms with E-state index < -0.39 is 82.9 Å². The van der Waals surface area contributed by atoms with E-state index in [-0.39, 0.29) is 36.6 Å². The van der Waals surface area contributed by atoms with Gasteiger partial charge in [-0.25, -0.2) is 9.78 Å². The fourth-order valence-electron chi connectivity index (χ4n) is 8.05. The first-order chi connectivity index (χ1) is 28.8. The molecule has 0 amide bonds. The number of ketones is 1. The van der Waals surface area contributed by atoms with Gasteiger partial charge in [-0.3, -0.25) is 9.59 Å². The molecule has 15 atom stereocenters. The van der Waals surface area contributed by atoms with Gasteiger partial charge in [0, 0.05) is 36.7 Å². The lowest BCUT2D eigenvalue weighted by molar-refractivity contribution is -0.195. The van der Waals surface area contributed by atoms with Crippen LogP contribution in [0.1, 0.15) is 133 Å². The summed E-state index contributed by atoms with van der Waals surface area (Å²) in [5.74, 6) is -4.37. The van der Waals surface area contributed by atoms with E-state index in [0.717, 1.165) is 16.3 Å². The van der Waals surface area contributed by atoms with Gasteiger partial charge in [0.05, 0.1) is 29.9 Å². The number of methoxy groups -OCH3 is 1. The number of esters is 2. The molecule has 0 aromatic carbocycles. The van der Waals surface area contributed by atoms with Crippen molar-refractivity contribution in [2.45, 2.75) is 182 Å². The predicted octanol–water partition coefficient (Wildman–Crippen LogP) is 7.76. The molecule has 12 nitrogen and oxygen atoms in total. The number of hydrogen-bond acceptors (Lipinski definition) is 13. The number of nitrogens with zero attached hydrogens (tertiary/aromatic N) is 1. The van der Waals surface area contributed by atoms with Crippen LogP contribution in [0.3, 0.4) is 0 Å². The summed E-state index contributed by atoms with van der Waals surface area (Å²) < 4.78 is 23.8. The second-order valence-electron chi connectivity index (χ2n) is 19.1. The third-order valence-corrected chi connectivity index (χ3v) is 14.2. The molecule has 0 bridgehead atoms. The van der Waals surface area contributed by atoms with E-state index in [1.54, 1.807) is 71.9 Å². The molecule has 1 aromatic heterocycles. The Morgan fingerprint density at radius 1 is 1.10 bits per heavy atom. The number of epoxide rings is 1. The van der Waals surface area contributed by atoms with E-state index in [1.165, 1.54) is 25.4 Å². The van der Waals surface area contributed by atoms with Gasteiger partial charge in [0.25, 0.3) is 0 Å². The van der Waals surface area contributed by atoms with Gasteiger partial charge in [-0.2, -0.15) is 0 Å². The number of cyclic esters (lactones) is 1. The van der Waals surface area contributed by atoms with Gasteiger partial charge in [0.2, 0.25) is 5.60 Å². The van der Waals surface area contributed by atoms with E-state index in [9.17, 15) is 34.8 Å². The third kappa shape index (κ3) is 14.0. The molecule has 13 heteroatoms.